The molecular weight excluding hydrogens is 546 g/mol. The van der Waals surface area contributed by atoms with Gasteiger partial charge in [-0.05, 0) is 72.6 Å². The summed E-state index contributed by atoms with van der Waals surface area (Å²) in [4.78, 5) is 0. The Morgan fingerprint density at radius 3 is 1.04 bits per heavy atom. The maximum absolute atomic E-state index is 10.0. The van der Waals surface area contributed by atoms with Crippen LogP contribution in [0.5, 0.6) is 0 Å². The highest BCUT2D eigenvalue weighted by atomic mass is 15.0. The molecule has 7 aromatic carbocycles. The molecule has 0 fully saturated rings. The first-order chi connectivity index (χ1) is 31.5. The van der Waals surface area contributed by atoms with Crippen molar-refractivity contribution in [1.82, 2.24) is 13.7 Å². The predicted molar refractivity (Wildman–Crippen MR) is 189 cm³/mol. The van der Waals surface area contributed by atoms with Crippen LogP contribution in [0.4, 0.5) is 0 Å². The Morgan fingerprint density at radius 1 is 0.311 bits per heavy atom. The van der Waals surface area contributed by atoms with Crippen LogP contribution in [0.1, 0.15) is 30.2 Å². The fourth-order valence-corrected chi connectivity index (χ4v) is 5.94. The summed E-state index contributed by atoms with van der Waals surface area (Å²) >= 11 is 0. The average Bonchev–Trinajstić information content (AvgIpc) is 3.98. The van der Waals surface area contributed by atoms with Gasteiger partial charge in [-0.15, -0.1) is 0 Å². The fraction of sp³-hybridized carbons (Fsp3) is 0. The number of rotatable bonds is 3. The summed E-state index contributed by atoms with van der Waals surface area (Å²) in [6.45, 7) is 0. The molecule has 0 spiro atoms. The summed E-state index contributed by atoms with van der Waals surface area (Å²) in [6.07, 6.45) is 0. The molecule has 0 aliphatic heterocycles. The van der Waals surface area contributed by atoms with Crippen molar-refractivity contribution >= 4 is 65.4 Å². The van der Waals surface area contributed by atoms with Crippen LogP contribution >= 0.6 is 0 Å². The van der Waals surface area contributed by atoms with Crippen LogP contribution in [0, 0.1) is 0 Å². The quantitative estimate of drug-likeness (QED) is 0.193. The van der Waals surface area contributed by atoms with E-state index in [4.69, 9.17) is 21.9 Å². The summed E-state index contributed by atoms with van der Waals surface area (Å²) in [5, 5.41) is -2.22. The molecule has 0 unspecified atom stereocenters. The highest BCUT2D eigenvalue weighted by Gasteiger charge is 2.18. The Bertz CT molecular complexity index is 3610. The lowest BCUT2D eigenvalue weighted by atomic mass is 10.1. The van der Waals surface area contributed by atoms with E-state index in [0.717, 1.165) is 9.13 Å². The number of para-hydroxylation sites is 5. The molecule has 0 atom stereocenters. The molecule has 0 aliphatic carbocycles. The molecule has 3 heterocycles. The minimum Gasteiger partial charge on any atom is -0.309 e. The second-order valence-corrected chi connectivity index (χ2v) is 10.1. The Labute approximate surface area is 290 Å². The van der Waals surface area contributed by atoms with E-state index in [0.29, 0.717) is 0 Å². The van der Waals surface area contributed by atoms with Gasteiger partial charge in [0.25, 0.3) is 0 Å². The van der Waals surface area contributed by atoms with Gasteiger partial charge in [0.2, 0.25) is 0 Å². The molecule has 0 bridgehead atoms. The van der Waals surface area contributed by atoms with E-state index in [1.165, 1.54) is 4.57 Å². The maximum atomic E-state index is 10.0. The van der Waals surface area contributed by atoms with Gasteiger partial charge in [0.15, 0.2) is 0 Å². The second kappa shape index (κ2) is 9.22. The Morgan fingerprint density at radius 2 is 0.644 bits per heavy atom. The fourth-order valence-electron chi connectivity index (χ4n) is 5.94. The smallest absolute Gasteiger partial charge is 0.0652 e. The van der Waals surface area contributed by atoms with Crippen LogP contribution in [0.25, 0.3) is 82.5 Å². The van der Waals surface area contributed by atoms with Crippen molar-refractivity contribution in [1.29, 1.82) is 0 Å². The van der Waals surface area contributed by atoms with Crippen molar-refractivity contribution in [2.45, 2.75) is 0 Å². The topological polar surface area (TPSA) is 14.8 Å². The third-order valence-corrected chi connectivity index (χ3v) is 7.78. The molecule has 45 heavy (non-hydrogen) atoms. The van der Waals surface area contributed by atoms with Gasteiger partial charge in [-0.25, -0.2) is 0 Å². The molecular formula is C42H27N3. The highest BCUT2D eigenvalue weighted by molar-refractivity contribution is 6.14. The summed E-state index contributed by atoms with van der Waals surface area (Å²) in [5.74, 6) is 0. The monoisotopic (exact) mass is 595 g/mol. The zero-order chi connectivity index (χ0) is 48.6. The lowest BCUT2D eigenvalue weighted by molar-refractivity contribution is 1.16. The minimum atomic E-state index is -0.787. The Hall–Kier alpha value is -6.06. The van der Waals surface area contributed by atoms with E-state index in [2.05, 4.69) is 0 Å². The molecule has 0 radical (unpaired) electrons. The Balaban J connectivity index is 1.51. The van der Waals surface area contributed by atoms with Crippen LogP contribution in [0.3, 0.4) is 0 Å². The van der Waals surface area contributed by atoms with Crippen molar-refractivity contribution in [3.05, 3.63) is 163 Å². The van der Waals surface area contributed by atoms with E-state index in [9.17, 15) is 8.22 Å². The van der Waals surface area contributed by atoms with Crippen LogP contribution < -0.4 is 0 Å². The summed E-state index contributed by atoms with van der Waals surface area (Å²) in [7, 11) is 0. The summed E-state index contributed by atoms with van der Waals surface area (Å²) < 4.78 is 202. The third kappa shape index (κ3) is 3.41. The number of fused-ring (bicyclic) bond motifs is 9. The van der Waals surface area contributed by atoms with Crippen molar-refractivity contribution in [2.24, 2.45) is 0 Å². The molecule has 0 saturated carbocycles. The standard InChI is InChI=1S/C42H27N3/c1-2-12-28(13-3-1)43-41-24-22-29(44-37-18-8-4-14-31(37)32-15-5-9-19-38(32)44)26-35(41)36-27-30(23-25-42(36)43)45-39-20-10-6-16-33(39)34-17-7-11-21-40(34)45/h1-27H/i4D,5D,6D,7D,8D,9D,10D,11D,14D,15D,16D,17D,18D,19D,20D,21D,22D,23D,24D,25D,26D,27D. The van der Waals surface area contributed by atoms with E-state index in [1.807, 2.05) is 0 Å². The van der Waals surface area contributed by atoms with Gasteiger partial charge < -0.3 is 13.7 Å². The molecule has 0 N–H and O–H groups in total. The molecule has 10 aromatic rings. The van der Waals surface area contributed by atoms with Crippen molar-refractivity contribution in [3.8, 4) is 17.1 Å². The van der Waals surface area contributed by atoms with Crippen molar-refractivity contribution in [2.75, 3.05) is 0 Å². The normalized spacial score (nSPS) is 18.8. The number of aromatic nitrogens is 3. The van der Waals surface area contributed by atoms with Crippen molar-refractivity contribution in [3.63, 3.8) is 0 Å². The van der Waals surface area contributed by atoms with Gasteiger partial charge in [-0.3, -0.25) is 0 Å². The molecule has 3 nitrogen and oxygen atoms in total. The van der Waals surface area contributed by atoms with Gasteiger partial charge in [-0.1, -0.05) is 90.7 Å². The number of benzene rings is 7. The first-order valence-corrected chi connectivity index (χ1v) is 13.7. The lowest BCUT2D eigenvalue weighted by Crippen LogP contribution is -1.96. The molecule has 10 rings (SSSR count). The minimum absolute atomic E-state index is 0.225. The second-order valence-electron chi connectivity index (χ2n) is 10.1. The zero-order valence-electron chi connectivity index (χ0n) is 44.7. The number of nitrogens with zero attached hydrogens (tertiary/aromatic N) is 3. The van der Waals surface area contributed by atoms with E-state index in [1.54, 1.807) is 30.3 Å². The molecule has 210 valence electrons. The highest BCUT2D eigenvalue weighted by Crippen LogP contribution is 2.39. The van der Waals surface area contributed by atoms with Crippen LogP contribution in [-0.2, 0) is 0 Å². The van der Waals surface area contributed by atoms with Gasteiger partial charge in [-0.2, -0.15) is 0 Å². The SMILES string of the molecule is [2H]c1c([2H])c([2H])c2c(c1[2H])c1c([2H])c([2H])c([2H])c([2H])c1n2-c1c([2H])c([2H])c2c(c1[2H])c1c([2H])c(-n3c4c([2H])c([2H])c([2H])c([2H])c4c4c([2H])c([2H])c([2H])c([2H])c43)c([2H])c([2H])c1n2-c1ccccc1. The van der Waals surface area contributed by atoms with E-state index >= 15 is 0 Å². The molecule has 0 aliphatic rings. The van der Waals surface area contributed by atoms with Crippen LogP contribution in [-0.4, -0.2) is 13.7 Å². The average molecular weight is 596 g/mol. The van der Waals surface area contributed by atoms with Gasteiger partial charge in [0, 0.05) is 49.4 Å². The van der Waals surface area contributed by atoms with E-state index < -0.39 is 166 Å². The van der Waals surface area contributed by atoms with Crippen LogP contribution in [0.2, 0.25) is 0 Å². The first-order valence-electron chi connectivity index (χ1n) is 24.7. The molecule has 3 heteroatoms. The maximum Gasteiger partial charge on any atom is 0.0652 e. The predicted octanol–water partition coefficient (Wildman–Crippen LogP) is 11.0. The molecule has 0 saturated heterocycles. The number of hydrogen-bond acceptors (Lipinski definition) is 0. The van der Waals surface area contributed by atoms with Gasteiger partial charge in [0.1, 0.15) is 0 Å². The van der Waals surface area contributed by atoms with Gasteiger partial charge in [0.05, 0.1) is 63.3 Å². The Kier molecular flexibility index (Phi) is 2.35. The van der Waals surface area contributed by atoms with E-state index in [-0.39, 0.29) is 49.0 Å². The largest absolute Gasteiger partial charge is 0.309 e. The number of hydrogen-bond donors (Lipinski definition) is 0. The zero-order valence-corrected chi connectivity index (χ0v) is 22.7. The third-order valence-electron chi connectivity index (χ3n) is 7.78. The van der Waals surface area contributed by atoms with Crippen LogP contribution in [0.15, 0.2) is 163 Å². The lowest BCUT2D eigenvalue weighted by Gasteiger charge is -2.10. The molecule has 3 aromatic heterocycles. The molecule has 0 amide bonds. The summed E-state index contributed by atoms with van der Waals surface area (Å²) in [5.41, 5.74) is -3.41. The van der Waals surface area contributed by atoms with Crippen molar-refractivity contribution < 1.29 is 30.2 Å². The van der Waals surface area contributed by atoms with Gasteiger partial charge >= 0.3 is 0 Å². The summed E-state index contributed by atoms with van der Waals surface area (Å²) in [6, 6.07) is -8.38. The first kappa shape index (κ1) is 11.5.